The van der Waals surface area contributed by atoms with E-state index in [9.17, 15) is 0 Å². The summed E-state index contributed by atoms with van der Waals surface area (Å²) in [6.07, 6.45) is 3.43. The number of hydrogen-bond donors (Lipinski definition) is 0. The molecular formula is C11H10Cl3N3. The number of rotatable bonds is 2. The molecule has 2 aromatic rings. The van der Waals surface area contributed by atoms with E-state index in [1.165, 1.54) is 0 Å². The third kappa shape index (κ3) is 2.28. The van der Waals surface area contributed by atoms with Gasteiger partial charge in [-0.05, 0) is 25.5 Å². The maximum atomic E-state index is 6.08. The Hall–Kier alpha value is -0.770. The van der Waals surface area contributed by atoms with Crippen LogP contribution in [0, 0.1) is 13.8 Å². The van der Waals surface area contributed by atoms with Gasteiger partial charge in [0.2, 0.25) is 0 Å². The van der Waals surface area contributed by atoms with E-state index < -0.39 is 0 Å². The summed E-state index contributed by atoms with van der Waals surface area (Å²) in [6.45, 7) is 4.60. The van der Waals surface area contributed by atoms with Gasteiger partial charge in [0.15, 0.2) is 5.15 Å². The molecule has 0 aliphatic carbocycles. The molecule has 0 atom stereocenters. The van der Waals surface area contributed by atoms with Crippen molar-refractivity contribution in [3.63, 3.8) is 0 Å². The smallest absolute Gasteiger partial charge is 0.175 e. The van der Waals surface area contributed by atoms with E-state index in [1.807, 2.05) is 18.4 Å². The van der Waals surface area contributed by atoms with Gasteiger partial charge in [0, 0.05) is 17.6 Å². The molecule has 2 aromatic heterocycles. The summed E-state index contributed by atoms with van der Waals surface area (Å²) in [5, 5.41) is 9.11. The minimum atomic E-state index is 0.238. The van der Waals surface area contributed by atoms with Crippen LogP contribution in [-0.2, 0) is 6.54 Å². The van der Waals surface area contributed by atoms with Gasteiger partial charge >= 0.3 is 0 Å². The van der Waals surface area contributed by atoms with E-state index >= 15 is 0 Å². The van der Waals surface area contributed by atoms with Crippen LogP contribution in [0.1, 0.15) is 11.3 Å². The highest BCUT2D eigenvalue weighted by Gasteiger charge is 2.14. The summed E-state index contributed by atoms with van der Waals surface area (Å²) in [4.78, 5) is 0. The molecule has 90 valence electrons. The lowest BCUT2D eigenvalue weighted by molar-refractivity contribution is 0.819. The van der Waals surface area contributed by atoms with Crippen LogP contribution in [-0.4, -0.2) is 14.8 Å². The zero-order valence-electron chi connectivity index (χ0n) is 9.34. The second-order valence-electron chi connectivity index (χ2n) is 3.71. The molecule has 3 nitrogen and oxygen atoms in total. The lowest BCUT2D eigenvalue weighted by Crippen LogP contribution is -1.99. The maximum absolute atomic E-state index is 6.08. The van der Waals surface area contributed by atoms with Crippen molar-refractivity contribution in [2.45, 2.75) is 20.4 Å². The van der Waals surface area contributed by atoms with Gasteiger partial charge in [0.25, 0.3) is 0 Å². The van der Waals surface area contributed by atoms with Gasteiger partial charge in [-0.2, -0.15) is 5.10 Å². The lowest BCUT2D eigenvalue weighted by Gasteiger charge is -2.05. The van der Waals surface area contributed by atoms with E-state index in [-0.39, 0.29) is 4.49 Å². The summed E-state index contributed by atoms with van der Waals surface area (Å²) in [6, 6.07) is 0. The Morgan fingerprint density at radius 1 is 1.41 bits per heavy atom. The molecular weight excluding hydrogens is 281 g/mol. The van der Waals surface area contributed by atoms with Crippen molar-refractivity contribution in [1.29, 1.82) is 0 Å². The third-order valence-corrected chi connectivity index (χ3v) is 3.40. The predicted molar refractivity (Wildman–Crippen MR) is 71.8 cm³/mol. The fraction of sp³-hybridized carbons (Fsp3) is 0.273. The second-order valence-corrected chi connectivity index (χ2v) is 5.08. The largest absolute Gasteiger partial charge is 0.338 e. The van der Waals surface area contributed by atoms with Gasteiger partial charge in [0.05, 0.1) is 11.7 Å². The van der Waals surface area contributed by atoms with Crippen molar-refractivity contribution >= 4 is 45.7 Å². The van der Waals surface area contributed by atoms with E-state index in [1.54, 1.807) is 12.3 Å². The Morgan fingerprint density at radius 3 is 2.76 bits per heavy atom. The van der Waals surface area contributed by atoms with Crippen molar-refractivity contribution in [1.82, 2.24) is 14.8 Å². The SMILES string of the molecule is Cc1c(C)n(CC=C(Cl)Cl)c2c(Cl)nncc12. The predicted octanol–water partition coefficient (Wildman–Crippen LogP) is 4.02. The summed E-state index contributed by atoms with van der Waals surface area (Å²) in [5.41, 5.74) is 3.10. The Bertz CT molecular complexity index is 598. The van der Waals surface area contributed by atoms with Crippen molar-refractivity contribution in [3.05, 3.63) is 33.2 Å². The first-order valence-corrected chi connectivity index (χ1v) is 6.13. The number of fused-ring (bicyclic) bond motifs is 1. The van der Waals surface area contributed by atoms with Crippen molar-refractivity contribution in [3.8, 4) is 0 Å². The maximum Gasteiger partial charge on any atom is 0.175 e. The summed E-state index contributed by atoms with van der Waals surface area (Å²) in [5.74, 6) is 0. The average Bonchev–Trinajstić information content (AvgIpc) is 2.52. The van der Waals surface area contributed by atoms with Crippen molar-refractivity contribution in [2.24, 2.45) is 0 Å². The molecule has 0 unspecified atom stereocenters. The minimum absolute atomic E-state index is 0.238. The van der Waals surface area contributed by atoms with Gasteiger partial charge < -0.3 is 4.57 Å². The van der Waals surface area contributed by atoms with Crippen LogP contribution < -0.4 is 0 Å². The first kappa shape index (κ1) is 12.7. The fourth-order valence-corrected chi connectivity index (χ4v) is 2.23. The quantitative estimate of drug-likeness (QED) is 0.836. The minimum Gasteiger partial charge on any atom is -0.338 e. The Balaban J connectivity index is 2.69. The molecule has 0 aromatic carbocycles. The van der Waals surface area contributed by atoms with Gasteiger partial charge in [-0.1, -0.05) is 34.8 Å². The molecule has 17 heavy (non-hydrogen) atoms. The molecule has 0 amide bonds. The van der Waals surface area contributed by atoms with Gasteiger partial charge in [-0.15, -0.1) is 5.10 Å². The van der Waals surface area contributed by atoms with E-state index in [0.29, 0.717) is 11.7 Å². The first-order valence-electron chi connectivity index (χ1n) is 5.00. The topological polar surface area (TPSA) is 30.7 Å². The highest BCUT2D eigenvalue weighted by Crippen LogP contribution is 2.28. The Morgan fingerprint density at radius 2 is 2.12 bits per heavy atom. The highest BCUT2D eigenvalue weighted by molar-refractivity contribution is 6.55. The van der Waals surface area contributed by atoms with Crippen LogP contribution in [0.2, 0.25) is 5.15 Å². The molecule has 0 aliphatic heterocycles. The lowest BCUT2D eigenvalue weighted by atomic mass is 10.2. The number of halogens is 3. The molecule has 0 fully saturated rings. The molecule has 0 radical (unpaired) electrons. The summed E-state index contributed by atoms with van der Waals surface area (Å²) < 4.78 is 2.26. The van der Waals surface area contributed by atoms with Gasteiger partial charge in [0.1, 0.15) is 4.49 Å². The Labute approximate surface area is 114 Å². The van der Waals surface area contributed by atoms with Crippen LogP contribution in [0.4, 0.5) is 0 Å². The summed E-state index contributed by atoms with van der Waals surface area (Å²) >= 11 is 17.3. The van der Waals surface area contributed by atoms with Crippen LogP contribution in [0.25, 0.3) is 10.9 Å². The second kappa shape index (κ2) is 4.84. The zero-order valence-corrected chi connectivity index (χ0v) is 11.6. The van der Waals surface area contributed by atoms with Gasteiger partial charge in [-0.3, -0.25) is 0 Å². The van der Waals surface area contributed by atoms with Crippen LogP contribution in [0.15, 0.2) is 16.8 Å². The Kier molecular flexibility index (Phi) is 3.61. The molecule has 0 spiro atoms. The first-order chi connectivity index (χ1) is 8.02. The number of allylic oxidation sites excluding steroid dienone is 1. The average molecular weight is 291 g/mol. The molecule has 6 heteroatoms. The normalized spacial score (nSPS) is 10.9. The monoisotopic (exact) mass is 289 g/mol. The molecule has 0 N–H and O–H groups in total. The van der Waals surface area contributed by atoms with Crippen molar-refractivity contribution < 1.29 is 0 Å². The number of aromatic nitrogens is 3. The number of nitrogens with zero attached hydrogens (tertiary/aromatic N) is 3. The van der Waals surface area contributed by atoms with Crippen LogP contribution in [0.5, 0.6) is 0 Å². The molecule has 0 bridgehead atoms. The van der Waals surface area contributed by atoms with Crippen LogP contribution >= 0.6 is 34.8 Å². The third-order valence-electron chi connectivity index (χ3n) is 2.83. The van der Waals surface area contributed by atoms with E-state index in [4.69, 9.17) is 34.8 Å². The fourth-order valence-electron chi connectivity index (χ4n) is 1.84. The molecule has 2 rings (SSSR count). The number of aryl methyl sites for hydroxylation is 1. The van der Waals surface area contributed by atoms with Gasteiger partial charge in [-0.25, -0.2) is 0 Å². The number of hydrogen-bond acceptors (Lipinski definition) is 2. The molecule has 0 aliphatic rings. The standard InChI is InChI=1S/C11H10Cl3N3/c1-6-7(2)17(4-3-9(12)13)10-8(6)5-15-16-11(10)14/h3,5H,4H2,1-2H3. The zero-order chi connectivity index (χ0) is 12.6. The highest BCUT2D eigenvalue weighted by atomic mass is 35.5. The molecule has 2 heterocycles. The van der Waals surface area contributed by atoms with Crippen molar-refractivity contribution in [2.75, 3.05) is 0 Å². The molecule has 0 saturated carbocycles. The van der Waals surface area contributed by atoms with E-state index in [2.05, 4.69) is 10.2 Å². The summed E-state index contributed by atoms with van der Waals surface area (Å²) in [7, 11) is 0. The molecule has 0 saturated heterocycles. The van der Waals surface area contributed by atoms with Crippen LogP contribution in [0.3, 0.4) is 0 Å². The van der Waals surface area contributed by atoms with E-state index in [0.717, 1.165) is 22.2 Å².